The van der Waals surface area contributed by atoms with E-state index >= 15 is 0 Å². The summed E-state index contributed by atoms with van der Waals surface area (Å²) in [5.41, 5.74) is 5.33. The molecule has 22 heavy (non-hydrogen) atoms. The van der Waals surface area contributed by atoms with Crippen molar-refractivity contribution in [2.45, 2.75) is 19.4 Å². The maximum absolute atomic E-state index is 11.8. The SMILES string of the molecule is CC1(C)OC(=O)C(C(N)=O)=C1/C=C1\OC(=O)c2ccccc21. The summed E-state index contributed by atoms with van der Waals surface area (Å²) < 4.78 is 10.4. The minimum atomic E-state index is -1.03. The van der Waals surface area contributed by atoms with Gasteiger partial charge in [0.15, 0.2) is 0 Å². The molecule has 6 heteroatoms. The predicted octanol–water partition coefficient (Wildman–Crippen LogP) is 1.32. The van der Waals surface area contributed by atoms with Crippen LogP contribution in [0.3, 0.4) is 0 Å². The number of ether oxygens (including phenoxy) is 2. The molecule has 6 nitrogen and oxygen atoms in total. The van der Waals surface area contributed by atoms with Crippen LogP contribution >= 0.6 is 0 Å². The van der Waals surface area contributed by atoms with Crippen LogP contribution in [-0.4, -0.2) is 23.4 Å². The lowest BCUT2D eigenvalue weighted by Gasteiger charge is -2.19. The number of nitrogens with two attached hydrogens (primary N) is 1. The lowest BCUT2D eigenvalue weighted by atomic mass is 9.93. The van der Waals surface area contributed by atoms with E-state index in [-0.39, 0.29) is 11.3 Å². The number of primary amides is 1. The Morgan fingerprint density at radius 1 is 1.14 bits per heavy atom. The molecule has 0 aromatic heterocycles. The second-order valence-corrected chi connectivity index (χ2v) is 5.50. The first kappa shape index (κ1) is 14.1. The van der Waals surface area contributed by atoms with Gasteiger partial charge in [-0.2, -0.15) is 0 Å². The smallest absolute Gasteiger partial charge is 0.345 e. The number of hydrogen-bond donors (Lipinski definition) is 1. The first-order chi connectivity index (χ1) is 10.3. The van der Waals surface area contributed by atoms with E-state index in [4.69, 9.17) is 15.2 Å². The van der Waals surface area contributed by atoms with Gasteiger partial charge in [-0.3, -0.25) is 4.79 Å². The summed E-state index contributed by atoms with van der Waals surface area (Å²) in [6.07, 6.45) is 1.47. The average Bonchev–Trinajstić information content (AvgIpc) is 2.86. The maximum Gasteiger partial charge on any atom is 0.345 e. The Kier molecular flexibility index (Phi) is 2.91. The monoisotopic (exact) mass is 299 g/mol. The van der Waals surface area contributed by atoms with Crippen molar-refractivity contribution in [3.63, 3.8) is 0 Å². The Morgan fingerprint density at radius 3 is 2.41 bits per heavy atom. The first-order valence-electron chi connectivity index (χ1n) is 6.62. The highest BCUT2D eigenvalue weighted by Gasteiger charge is 2.42. The van der Waals surface area contributed by atoms with E-state index in [0.717, 1.165) is 0 Å². The Morgan fingerprint density at radius 2 is 1.77 bits per heavy atom. The molecule has 1 aromatic carbocycles. The summed E-state index contributed by atoms with van der Waals surface area (Å²) >= 11 is 0. The Hall–Kier alpha value is -2.89. The number of rotatable bonds is 2. The van der Waals surface area contributed by atoms with Gasteiger partial charge in [-0.05, 0) is 26.0 Å². The van der Waals surface area contributed by atoms with Crippen LogP contribution in [0.15, 0.2) is 41.5 Å². The van der Waals surface area contributed by atoms with Crippen molar-refractivity contribution in [3.8, 4) is 0 Å². The number of hydrogen-bond acceptors (Lipinski definition) is 5. The van der Waals surface area contributed by atoms with E-state index in [1.54, 1.807) is 38.1 Å². The molecule has 1 amide bonds. The van der Waals surface area contributed by atoms with Crippen molar-refractivity contribution in [1.82, 2.24) is 0 Å². The zero-order valence-corrected chi connectivity index (χ0v) is 12.0. The zero-order chi connectivity index (χ0) is 16.1. The lowest BCUT2D eigenvalue weighted by molar-refractivity contribution is -0.145. The highest BCUT2D eigenvalue weighted by molar-refractivity contribution is 6.19. The third-order valence-electron chi connectivity index (χ3n) is 3.61. The number of fused-ring (bicyclic) bond motifs is 1. The van der Waals surface area contributed by atoms with E-state index in [1.807, 2.05) is 0 Å². The van der Waals surface area contributed by atoms with Crippen molar-refractivity contribution >= 4 is 23.6 Å². The summed E-state index contributed by atoms with van der Waals surface area (Å²) in [5, 5.41) is 0. The van der Waals surface area contributed by atoms with E-state index < -0.39 is 23.4 Å². The number of benzene rings is 1. The van der Waals surface area contributed by atoms with Crippen LogP contribution < -0.4 is 5.73 Å². The number of esters is 2. The van der Waals surface area contributed by atoms with Gasteiger partial charge in [-0.25, -0.2) is 9.59 Å². The van der Waals surface area contributed by atoms with Gasteiger partial charge < -0.3 is 15.2 Å². The van der Waals surface area contributed by atoms with Gasteiger partial charge >= 0.3 is 11.9 Å². The molecule has 0 bridgehead atoms. The predicted molar refractivity (Wildman–Crippen MR) is 76.2 cm³/mol. The van der Waals surface area contributed by atoms with Crippen LogP contribution in [-0.2, 0) is 19.1 Å². The third kappa shape index (κ3) is 2.00. The summed E-state index contributed by atoms with van der Waals surface area (Å²) in [7, 11) is 0. The highest BCUT2D eigenvalue weighted by Crippen LogP contribution is 2.37. The second-order valence-electron chi connectivity index (χ2n) is 5.50. The Labute approximate surface area is 126 Å². The Bertz CT molecular complexity index is 785. The normalized spacial score (nSPS) is 20.9. The summed E-state index contributed by atoms with van der Waals surface area (Å²) in [5.74, 6) is -1.87. The fourth-order valence-electron chi connectivity index (χ4n) is 2.55. The van der Waals surface area contributed by atoms with Crippen LogP contribution in [0.4, 0.5) is 0 Å². The fourth-order valence-corrected chi connectivity index (χ4v) is 2.55. The molecule has 0 unspecified atom stereocenters. The molecule has 2 aliphatic rings. The van der Waals surface area contributed by atoms with E-state index in [0.29, 0.717) is 16.7 Å². The molecule has 2 N–H and O–H groups in total. The van der Waals surface area contributed by atoms with Crippen molar-refractivity contribution < 1.29 is 23.9 Å². The minimum Gasteiger partial charge on any atom is -0.451 e. The van der Waals surface area contributed by atoms with Crippen LogP contribution in [0.1, 0.15) is 29.8 Å². The van der Waals surface area contributed by atoms with Crippen LogP contribution in [0.25, 0.3) is 5.76 Å². The highest BCUT2D eigenvalue weighted by atomic mass is 16.6. The lowest BCUT2D eigenvalue weighted by Crippen LogP contribution is -2.22. The van der Waals surface area contributed by atoms with Gasteiger partial charge in [0.1, 0.15) is 16.9 Å². The molecule has 0 spiro atoms. The van der Waals surface area contributed by atoms with E-state index in [2.05, 4.69) is 0 Å². The molecule has 2 aliphatic heterocycles. The van der Waals surface area contributed by atoms with E-state index in [9.17, 15) is 14.4 Å². The molecular formula is C16H13NO5. The van der Waals surface area contributed by atoms with Gasteiger partial charge in [0, 0.05) is 11.1 Å². The van der Waals surface area contributed by atoms with Crippen molar-refractivity contribution in [2.75, 3.05) is 0 Å². The molecule has 1 aromatic rings. The number of amides is 1. The van der Waals surface area contributed by atoms with Gasteiger partial charge in [-0.15, -0.1) is 0 Å². The second kappa shape index (κ2) is 4.56. The van der Waals surface area contributed by atoms with Gasteiger partial charge in [0.2, 0.25) is 0 Å². The molecule has 0 fully saturated rings. The molecule has 112 valence electrons. The first-order valence-corrected chi connectivity index (χ1v) is 6.62. The zero-order valence-electron chi connectivity index (χ0n) is 12.0. The fraction of sp³-hybridized carbons (Fsp3) is 0.188. The third-order valence-corrected chi connectivity index (χ3v) is 3.61. The average molecular weight is 299 g/mol. The van der Waals surface area contributed by atoms with Crippen molar-refractivity contribution in [3.05, 3.63) is 52.6 Å². The minimum absolute atomic E-state index is 0.224. The molecule has 0 saturated heterocycles. The molecule has 3 rings (SSSR count). The summed E-state index contributed by atoms with van der Waals surface area (Å²) in [4.78, 5) is 35.1. The number of carbonyl (C=O) groups is 3. The summed E-state index contributed by atoms with van der Waals surface area (Å²) in [6, 6.07) is 6.85. The van der Waals surface area contributed by atoms with Crippen LogP contribution in [0.2, 0.25) is 0 Å². The number of carbonyl (C=O) groups excluding carboxylic acids is 3. The molecule has 2 heterocycles. The molecular weight excluding hydrogens is 286 g/mol. The van der Waals surface area contributed by atoms with Crippen molar-refractivity contribution in [2.24, 2.45) is 5.73 Å². The topological polar surface area (TPSA) is 95.7 Å². The van der Waals surface area contributed by atoms with Crippen molar-refractivity contribution in [1.29, 1.82) is 0 Å². The van der Waals surface area contributed by atoms with Gasteiger partial charge in [0.25, 0.3) is 5.91 Å². The molecule has 0 aliphatic carbocycles. The molecule has 0 radical (unpaired) electrons. The van der Waals surface area contributed by atoms with Gasteiger partial charge in [0.05, 0.1) is 5.56 Å². The molecule has 0 atom stereocenters. The quantitative estimate of drug-likeness (QED) is 0.656. The molecule has 0 saturated carbocycles. The van der Waals surface area contributed by atoms with E-state index in [1.165, 1.54) is 6.08 Å². The largest absolute Gasteiger partial charge is 0.451 e. The van der Waals surface area contributed by atoms with Crippen LogP contribution in [0, 0.1) is 0 Å². The summed E-state index contributed by atoms with van der Waals surface area (Å²) in [6.45, 7) is 3.27. The maximum atomic E-state index is 11.8. The van der Waals surface area contributed by atoms with Gasteiger partial charge in [-0.1, -0.05) is 18.2 Å². The van der Waals surface area contributed by atoms with Crippen LogP contribution in [0.5, 0.6) is 0 Å². The standard InChI is InChI=1S/C16H13NO5/c1-16(2)10(12(13(17)18)15(20)22-16)7-11-8-5-3-4-6-9(8)14(19)21-11/h3-7H,1-2H3,(H2,17,18)/b11-7-. The Balaban J connectivity index is 2.18. The number of cyclic esters (lactones) is 2.